The van der Waals surface area contributed by atoms with Crippen molar-refractivity contribution in [2.75, 3.05) is 0 Å². The van der Waals surface area contributed by atoms with Crippen LogP contribution in [-0.4, -0.2) is 16.6 Å². The van der Waals surface area contributed by atoms with E-state index in [1.54, 1.807) is 11.3 Å². The molecule has 0 aliphatic rings. The van der Waals surface area contributed by atoms with Gasteiger partial charge >= 0.3 is 5.97 Å². The third-order valence-electron chi connectivity index (χ3n) is 1.84. The Morgan fingerprint density at radius 1 is 1.40 bits per heavy atom. The summed E-state index contributed by atoms with van der Waals surface area (Å²) < 4.78 is 0. The second-order valence-corrected chi connectivity index (χ2v) is 5.79. The third kappa shape index (κ3) is 4.95. The Kier molecular flexibility index (Phi) is 3.88. The first-order valence-corrected chi connectivity index (χ1v) is 5.73. The summed E-state index contributed by atoms with van der Waals surface area (Å²) in [6.45, 7) is 7.13. The topological polar surface area (TPSA) is 49.3 Å². The van der Waals surface area contributed by atoms with Crippen molar-refractivity contribution in [1.82, 2.24) is 5.32 Å². The molecule has 2 N–H and O–H groups in total. The van der Waals surface area contributed by atoms with Gasteiger partial charge in [0.2, 0.25) is 0 Å². The molecule has 0 aliphatic carbocycles. The zero-order valence-corrected chi connectivity index (χ0v) is 10.1. The maximum absolute atomic E-state index is 10.5. The molecule has 1 aromatic heterocycles. The molecule has 0 spiro atoms. The van der Waals surface area contributed by atoms with Gasteiger partial charge in [-0.2, -0.15) is 0 Å². The van der Waals surface area contributed by atoms with Crippen LogP contribution in [0, 0.1) is 0 Å². The van der Waals surface area contributed by atoms with Gasteiger partial charge in [-0.3, -0.25) is 4.79 Å². The van der Waals surface area contributed by atoms with Crippen LogP contribution < -0.4 is 5.32 Å². The van der Waals surface area contributed by atoms with Crippen molar-refractivity contribution in [1.29, 1.82) is 0 Å². The monoisotopic (exact) mass is 227 g/mol. The summed E-state index contributed by atoms with van der Waals surface area (Å²) in [4.78, 5) is 12.6. The number of rotatable bonds is 4. The number of carboxylic acids is 1. The van der Waals surface area contributed by atoms with Crippen molar-refractivity contribution < 1.29 is 9.90 Å². The van der Waals surface area contributed by atoms with E-state index in [2.05, 4.69) is 26.1 Å². The largest absolute Gasteiger partial charge is 0.481 e. The second kappa shape index (κ2) is 4.77. The van der Waals surface area contributed by atoms with Crippen LogP contribution in [-0.2, 0) is 17.8 Å². The van der Waals surface area contributed by atoms with Gasteiger partial charge in [-0.25, -0.2) is 0 Å². The van der Waals surface area contributed by atoms with E-state index in [1.807, 2.05) is 12.1 Å². The van der Waals surface area contributed by atoms with Gasteiger partial charge in [0, 0.05) is 21.8 Å². The molecule has 0 atom stereocenters. The smallest absolute Gasteiger partial charge is 0.308 e. The molecule has 0 fully saturated rings. The minimum atomic E-state index is -0.771. The van der Waals surface area contributed by atoms with E-state index < -0.39 is 5.97 Å². The van der Waals surface area contributed by atoms with Crippen LogP contribution in [0.15, 0.2) is 12.1 Å². The van der Waals surface area contributed by atoms with Crippen molar-refractivity contribution in [2.24, 2.45) is 0 Å². The number of hydrogen-bond acceptors (Lipinski definition) is 3. The first-order chi connectivity index (χ1) is 6.87. The first kappa shape index (κ1) is 12.2. The van der Waals surface area contributed by atoms with E-state index >= 15 is 0 Å². The molecule has 0 saturated carbocycles. The molecule has 0 radical (unpaired) electrons. The first-order valence-electron chi connectivity index (χ1n) is 4.91. The van der Waals surface area contributed by atoms with E-state index in [1.165, 1.54) is 4.88 Å². The average molecular weight is 227 g/mol. The molecule has 0 amide bonds. The highest BCUT2D eigenvalue weighted by molar-refractivity contribution is 7.12. The predicted octanol–water partition coefficient (Wildman–Crippen LogP) is 2.26. The van der Waals surface area contributed by atoms with E-state index in [4.69, 9.17) is 5.11 Å². The van der Waals surface area contributed by atoms with E-state index in [9.17, 15) is 4.79 Å². The fourth-order valence-corrected chi connectivity index (χ4v) is 2.06. The van der Waals surface area contributed by atoms with Crippen LogP contribution >= 0.6 is 11.3 Å². The zero-order valence-electron chi connectivity index (χ0n) is 9.33. The maximum Gasteiger partial charge on any atom is 0.308 e. The van der Waals surface area contributed by atoms with E-state index in [0.717, 1.165) is 11.4 Å². The van der Waals surface area contributed by atoms with Crippen molar-refractivity contribution in [3.8, 4) is 0 Å². The second-order valence-electron chi connectivity index (χ2n) is 4.54. The standard InChI is InChI=1S/C11H17NO2S/c1-11(2,3)12-7-9-5-4-8(15-9)6-10(13)14/h4-5,12H,6-7H2,1-3H3,(H,13,14). The molecule has 1 rings (SSSR count). The van der Waals surface area contributed by atoms with Crippen LogP contribution in [0.1, 0.15) is 30.5 Å². The summed E-state index contributed by atoms with van der Waals surface area (Å²) >= 11 is 1.56. The Labute approximate surface area is 94.1 Å². The van der Waals surface area contributed by atoms with Gasteiger partial charge in [-0.1, -0.05) is 0 Å². The van der Waals surface area contributed by atoms with Crippen molar-refractivity contribution in [3.63, 3.8) is 0 Å². The summed E-state index contributed by atoms with van der Waals surface area (Å²) in [7, 11) is 0. The highest BCUT2D eigenvalue weighted by atomic mass is 32.1. The minimum Gasteiger partial charge on any atom is -0.481 e. The molecule has 1 aromatic rings. The summed E-state index contributed by atoms with van der Waals surface area (Å²) in [5, 5.41) is 12.0. The fourth-order valence-electron chi connectivity index (χ4n) is 1.11. The lowest BCUT2D eigenvalue weighted by Gasteiger charge is -2.19. The molecule has 0 aliphatic heterocycles. The number of hydrogen-bond donors (Lipinski definition) is 2. The number of carboxylic acid groups (broad SMARTS) is 1. The lowest BCUT2D eigenvalue weighted by atomic mass is 10.1. The molecule has 0 aromatic carbocycles. The van der Waals surface area contributed by atoms with Gasteiger partial charge in [-0.15, -0.1) is 11.3 Å². The third-order valence-corrected chi connectivity index (χ3v) is 2.92. The zero-order chi connectivity index (χ0) is 11.5. The Balaban J connectivity index is 2.50. The molecule has 15 heavy (non-hydrogen) atoms. The van der Waals surface area contributed by atoms with Crippen LogP contribution in [0.2, 0.25) is 0 Å². The van der Waals surface area contributed by atoms with Crippen LogP contribution in [0.4, 0.5) is 0 Å². The Bertz CT molecular complexity index is 339. The summed E-state index contributed by atoms with van der Waals surface area (Å²) in [5.41, 5.74) is 0.0942. The maximum atomic E-state index is 10.5. The fraction of sp³-hybridized carbons (Fsp3) is 0.545. The van der Waals surface area contributed by atoms with Crippen LogP contribution in [0.5, 0.6) is 0 Å². The quantitative estimate of drug-likeness (QED) is 0.829. The minimum absolute atomic E-state index is 0.0942. The number of thiophene rings is 1. The highest BCUT2D eigenvalue weighted by Crippen LogP contribution is 2.17. The van der Waals surface area contributed by atoms with Crippen LogP contribution in [0.3, 0.4) is 0 Å². The van der Waals surface area contributed by atoms with Gasteiger partial charge in [-0.05, 0) is 32.9 Å². The van der Waals surface area contributed by atoms with Gasteiger partial charge in [0.05, 0.1) is 6.42 Å². The number of carbonyl (C=O) groups is 1. The number of aliphatic carboxylic acids is 1. The Morgan fingerprint density at radius 3 is 2.53 bits per heavy atom. The predicted molar refractivity (Wildman–Crippen MR) is 62.3 cm³/mol. The highest BCUT2D eigenvalue weighted by Gasteiger charge is 2.10. The van der Waals surface area contributed by atoms with Gasteiger partial charge in [0.15, 0.2) is 0 Å². The lowest BCUT2D eigenvalue weighted by Crippen LogP contribution is -2.34. The molecule has 0 saturated heterocycles. The molecule has 0 unspecified atom stereocenters. The summed E-state index contributed by atoms with van der Waals surface area (Å²) in [6.07, 6.45) is 0.125. The van der Waals surface area contributed by atoms with Crippen molar-refractivity contribution >= 4 is 17.3 Å². The summed E-state index contributed by atoms with van der Waals surface area (Å²) in [5.74, 6) is -0.771. The normalized spacial score (nSPS) is 11.7. The van der Waals surface area contributed by atoms with Crippen molar-refractivity contribution in [2.45, 2.75) is 39.3 Å². The molecular weight excluding hydrogens is 210 g/mol. The molecule has 84 valence electrons. The van der Waals surface area contributed by atoms with Gasteiger partial charge in [0.25, 0.3) is 0 Å². The molecule has 1 heterocycles. The van der Waals surface area contributed by atoms with Gasteiger partial charge < -0.3 is 10.4 Å². The van der Waals surface area contributed by atoms with Crippen LogP contribution in [0.25, 0.3) is 0 Å². The Morgan fingerprint density at radius 2 is 2.00 bits per heavy atom. The van der Waals surface area contributed by atoms with Crippen molar-refractivity contribution in [3.05, 3.63) is 21.9 Å². The summed E-state index contributed by atoms with van der Waals surface area (Å²) in [6, 6.07) is 3.88. The molecule has 3 nitrogen and oxygen atoms in total. The van der Waals surface area contributed by atoms with E-state index in [0.29, 0.717) is 0 Å². The average Bonchev–Trinajstić information content (AvgIpc) is 2.46. The SMILES string of the molecule is CC(C)(C)NCc1ccc(CC(=O)O)s1. The van der Waals surface area contributed by atoms with Gasteiger partial charge in [0.1, 0.15) is 0 Å². The van der Waals surface area contributed by atoms with E-state index in [-0.39, 0.29) is 12.0 Å². The molecule has 4 heteroatoms. The lowest BCUT2D eigenvalue weighted by molar-refractivity contribution is -0.136. The molecule has 0 bridgehead atoms. The Hall–Kier alpha value is -0.870. The number of nitrogens with one attached hydrogen (secondary N) is 1. The molecular formula is C11H17NO2S.